The Morgan fingerprint density at radius 3 is 2.30 bits per heavy atom. The van der Waals surface area contributed by atoms with Gasteiger partial charge in [-0.2, -0.15) is 0 Å². The van der Waals surface area contributed by atoms with E-state index in [0.29, 0.717) is 47.5 Å². The molecule has 0 bridgehead atoms. The zero-order valence-electron chi connectivity index (χ0n) is 17.5. The van der Waals surface area contributed by atoms with Gasteiger partial charge in [-0.3, -0.25) is 4.79 Å². The van der Waals surface area contributed by atoms with E-state index in [4.69, 9.17) is 23.4 Å². The van der Waals surface area contributed by atoms with Crippen molar-refractivity contribution in [3.05, 3.63) is 65.6 Å². The SMILES string of the molecule is CCOc1cccc(NC(=O)c2ccc(Cc3c(OC)cc(OC)cc3OC)o2)c1. The van der Waals surface area contributed by atoms with E-state index in [1.54, 1.807) is 57.7 Å². The molecule has 1 heterocycles. The van der Waals surface area contributed by atoms with Crippen molar-refractivity contribution < 1.29 is 28.2 Å². The van der Waals surface area contributed by atoms with Crippen molar-refractivity contribution in [1.82, 2.24) is 0 Å². The highest BCUT2D eigenvalue weighted by atomic mass is 16.5. The number of hydrogen-bond acceptors (Lipinski definition) is 6. The quantitative estimate of drug-likeness (QED) is 0.557. The van der Waals surface area contributed by atoms with Gasteiger partial charge in [-0.1, -0.05) is 6.07 Å². The fourth-order valence-electron chi connectivity index (χ4n) is 3.04. The highest BCUT2D eigenvalue weighted by Crippen LogP contribution is 2.36. The Kier molecular flexibility index (Phi) is 6.85. The van der Waals surface area contributed by atoms with E-state index in [0.717, 1.165) is 5.56 Å². The molecule has 7 heteroatoms. The van der Waals surface area contributed by atoms with E-state index in [-0.39, 0.29) is 11.7 Å². The zero-order chi connectivity index (χ0) is 21.5. The number of hydrogen-bond donors (Lipinski definition) is 1. The molecule has 0 saturated heterocycles. The van der Waals surface area contributed by atoms with Crippen LogP contribution in [0.4, 0.5) is 5.69 Å². The highest BCUT2D eigenvalue weighted by Gasteiger charge is 2.17. The van der Waals surface area contributed by atoms with Gasteiger partial charge in [-0.25, -0.2) is 0 Å². The van der Waals surface area contributed by atoms with Crippen molar-refractivity contribution in [3.63, 3.8) is 0 Å². The number of benzene rings is 2. The molecule has 1 amide bonds. The molecule has 0 unspecified atom stereocenters. The second kappa shape index (κ2) is 9.73. The maximum Gasteiger partial charge on any atom is 0.291 e. The molecule has 0 spiro atoms. The highest BCUT2D eigenvalue weighted by molar-refractivity contribution is 6.02. The largest absolute Gasteiger partial charge is 0.496 e. The second-order valence-corrected chi connectivity index (χ2v) is 6.37. The van der Waals surface area contributed by atoms with E-state index >= 15 is 0 Å². The lowest BCUT2D eigenvalue weighted by atomic mass is 10.1. The van der Waals surface area contributed by atoms with Gasteiger partial charge in [-0.05, 0) is 31.2 Å². The normalized spacial score (nSPS) is 10.4. The summed E-state index contributed by atoms with van der Waals surface area (Å²) in [6.07, 6.45) is 0.392. The lowest BCUT2D eigenvalue weighted by Crippen LogP contribution is -2.11. The summed E-state index contributed by atoms with van der Waals surface area (Å²) in [6, 6.07) is 14.2. The molecule has 0 fully saturated rings. The topological polar surface area (TPSA) is 79.2 Å². The minimum absolute atomic E-state index is 0.207. The number of rotatable bonds is 9. The Morgan fingerprint density at radius 1 is 0.933 bits per heavy atom. The van der Waals surface area contributed by atoms with Gasteiger partial charge in [0.15, 0.2) is 5.76 Å². The van der Waals surface area contributed by atoms with E-state index < -0.39 is 0 Å². The maximum absolute atomic E-state index is 12.6. The average molecular weight is 411 g/mol. The van der Waals surface area contributed by atoms with Crippen LogP contribution in [0.5, 0.6) is 23.0 Å². The molecule has 0 aliphatic rings. The van der Waals surface area contributed by atoms with Gasteiger partial charge in [0, 0.05) is 35.9 Å². The summed E-state index contributed by atoms with van der Waals surface area (Å²) in [6.45, 7) is 2.46. The number of methoxy groups -OCH3 is 3. The number of anilines is 1. The summed E-state index contributed by atoms with van der Waals surface area (Å²) in [5, 5.41) is 2.82. The number of ether oxygens (including phenoxy) is 4. The van der Waals surface area contributed by atoms with Crippen LogP contribution in [0.15, 0.2) is 52.9 Å². The first kappa shape index (κ1) is 21.1. The molecule has 0 atom stereocenters. The Bertz CT molecular complexity index is 985. The Morgan fingerprint density at radius 2 is 1.67 bits per heavy atom. The van der Waals surface area contributed by atoms with E-state index in [9.17, 15) is 4.79 Å². The molecular formula is C23H25NO6. The molecule has 7 nitrogen and oxygen atoms in total. The van der Waals surface area contributed by atoms with Gasteiger partial charge < -0.3 is 28.7 Å². The smallest absolute Gasteiger partial charge is 0.291 e. The number of carbonyl (C=O) groups is 1. The van der Waals surface area contributed by atoms with Crippen LogP contribution in [-0.2, 0) is 6.42 Å². The van der Waals surface area contributed by atoms with Crippen LogP contribution in [-0.4, -0.2) is 33.8 Å². The maximum atomic E-state index is 12.6. The average Bonchev–Trinajstić information content (AvgIpc) is 3.23. The van der Waals surface area contributed by atoms with Gasteiger partial charge in [0.25, 0.3) is 5.91 Å². The van der Waals surface area contributed by atoms with Gasteiger partial charge in [-0.15, -0.1) is 0 Å². The van der Waals surface area contributed by atoms with Crippen molar-refractivity contribution in [3.8, 4) is 23.0 Å². The lowest BCUT2D eigenvalue weighted by Gasteiger charge is -2.14. The molecule has 0 radical (unpaired) electrons. The van der Waals surface area contributed by atoms with E-state index in [1.807, 2.05) is 19.1 Å². The predicted octanol–water partition coefficient (Wildman–Crippen LogP) is 4.55. The van der Waals surface area contributed by atoms with Crippen LogP contribution < -0.4 is 24.3 Å². The molecule has 2 aromatic carbocycles. The molecule has 0 saturated carbocycles. The standard InChI is InChI=1S/C23H25NO6/c1-5-29-16-8-6-7-15(11-16)24-23(25)20-10-9-17(30-20)12-19-21(27-3)13-18(26-2)14-22(19)28-4/h6-11,13-14H,5,12H2,1-4H3,(H,24,25). The summed E-state index contributed by atoms with van der Waals surface area (Å²) in [4.78, 5) is 12.6. The predicted molar refractivity (Wildman–Crippen MR) is 113 cm³/mol. The monoisotopic (exact) mass is 411 g/mol. The van der Waals surface area contributed by atoms with Gasteiger partial charge in [0.1, 0.15) is 28.8 Å². The van der Waals surface area contributed by atoms with Crippen LogP contribution in [0.2, 0.25) is 0 Å². The van der Waals surface area contributed by atoms with Crippen molar-refractivity contribution in [2.45, 2.75) is 13.3 Å². The summed E-state index contributed by atoms with van der Waals surface area (Å²) in [5.41, 5.74) is 1.42. The first-order chi connectivity index (χ1) is 14.6. The molecule has 1 N–H and O–H groups in total. The van der Waals surface area contributed by atoms with Crippen LogP contribution in [0.1, 0.15) is 28.8 Å². The van der Waals surface area contributed by atoms with Crippen LogP contribution in [0.3, 0.4) is 0 Å². The summed E-state index contributed by atoms with van der Waals surface area (Å²) < 4.78 is 27.4. The number of amides is 1. The van der Waals surface area contributed by atoms with E-state index in [1.165, 1.54) is 0 Å². The first-order valence-electron chi connectivity index (χ1n) is 9.49. The molecule has 3 aromatic rings. The molecule has 1 aromatic heterocycles. The van der Waals surface area contributed by atoms with Gasteiger partial charge >= 0.3 is 0 Å². The molecular weight excluding hydrogens is 386 g/mol. The minimum atomic E-state index is -0.344. The second-order valence-electron chi connectivity index (χ2n) is 6.37. The van der Waals surface area contributed by atoms with Crippen molar-refractivity contribution in [2.75, 3.05) is 33.3 Å². The third-order valence-corrected chi connectivity index (χ3v) is 4.46. The fourth-order valence-corrected chi connectivity index (χ4v) is 3.04. The van der Waals surface area contributed by atoms with Crippen molar-refractivity contribution in [2.24, 2.45) is 0 Å². The molecule has 0 aliphatic carbocycles. The summed E-state index contributed by atoms with van der Waals surface area (Å²) >= 11 is 0. The summed E-state index contributed by atoms with van der Waals surface area (Å²) in [7, 11) is 4.74. The minimum Gasteiger partial charge on any atom is -0.496 e. The fraction of sp³-hybridized carbons (Fsp3) is 0.261. The van der Waals surface area contributed by atoms with Crippen molar-refractivity contribution >= 4 is 11.6 Å². The molecule has 30 heavy (non-hydrogen) atoms. The number of furan rings is 1. The van der Waals surface area contributed by atoms with Crippen LogP contribution >= 0.6 is 0 Å². The van der Waals surface area contributed by atoms with Crippen LogP contribution in [0, 0.1) is 0 Å². The third-order valence-electron chi connectivity index (χ3n) is 4.46. The van der Waals surface area contributed by atoms with E-state index in [2.05, 4.69) is 5.32 Å². The van der Waals surface area contributed by atoms with Crippen LogP contribution in [0.25, 0.3) is 0 Å². The van der Waals surface area contributed by atoms with Gasteiger partial charge in [0.05, 0.1) is 27.9 Å². The first-order valence-corrected chi connectivity index (χ1v) is 9.49. The zero-order valence-corrected chi connectivity index (χ0v) is 17.5. The molecule has 158 valence electrons. The Labute approximate surface area is 175 Å². The molecule has 0 aliphatic heterocycles. The number of carbonyl (C=O) groups excluding carboxylic acids is 1. The van der Waals surface area contributed by atoms with Crippen molar-refractivity contribution in [1.29, 1.82) is 0 Å². The Balaban J connectivity index is 1.77. The molecule has 3 rings (SSSR count). The third kappa shape index (κ3) is 4.86. The Hall–Kier alpha value is -3.61. The van der Waals surface area contributed by atoms with Gasteiger partial charge in [0.2, 0.25) is 0 Å². The lowest BCUT2D eigenvalue weighted by molar-refractivity contribution is 0.0995. The summed E-state index contributed by atoms with van der Waals surface area (Å²) in [5.74, 6) is 3.00. The number of nitrogens with one attached hydrogen (secondary N) is 1.